The third-order valence-corrected chi connectivity index (χ3v) is 5.47. The van der Waals surface area contributed by atoms with Crippen LogP contribution >= 0.6 is 24.0 Å². The normalized spacial score (nSPS) is 17.7. The van der Waals surface area contributed by atoms with E-state index in [0.29, 0.717) is 10.0 Å². The van der Waals surface area contributed by atoms with Gasteiger partial charge < -0.3 is 5.32 Å². The van der Waals surface area contributed by atoms with Crippen LogP contribution in [0.15, 0.2) is 57.8 Å². The highest BCUT2D eigenvalue weighted by molar-refractivity contribution is 8.24. The van der Waals surface area contributed by atoms with Crippen LogP contribution in [-0.2, 0) is 14.8 Å². The number of benzene rings is 1. The van der Waals surface area contributed by atoms with Crippen molar-refractivity contribution in [2.45, 2.75) is 10.3 Å². The van der Waals surface area contributed by atoms with Crippen LogP contribution in [0.25, 0.3) is 0 Å². The number of carbonyl (C=O) groups is 1. The summed E-state index contributed by atoms with van der Waals surface area (Å²) in [5.41, 5.74) is 0.404. The Morgan fingerprint density at radius 1 is 1.20 bits per heavy atom. The number of hydrogen-bond donors (Lipinski definition) is 2. The van der Waals surface area contributed by atoms with Gasteiger partial charge in [0.25, 0.3) is 15.9 Å². The molecule has 128 valence electrons. The minimum atomic E-state index is -3.81. The number of azo groups is 1. The average Bonchev–Trinajstić information content (AvgIpc) is 2.91. The largest absolute Gasteiger partial charge is 0.309 e. The molecule has 2 aromatic rings. The molecule has 1 atom stereocenters. The molecule has 0 saturated carbocycles. The van der Waals surface area contributed by atoms with E-state index in [4.69, 9.17) is 12.2 Å². The van der Waals surface area contributed by atoms with Crippen LogP contribution in [0.4, 0.5) is 11.6 Å². The van der Waals surface area contributed by atoms with Gasteiger partial charge in [0.2, 0.25) is 11.3 Å². The van der Waals surface area contributed by atoms with Gasteiger partial charge in [0, 0.05) is 12.4 Å². The van der Waals surface area contributed by atoms with Gasteiger partial charge in [-0.2, -0.15) is 10.2 Å². The Morgan fingerprint density at radius 3 is 2.48 bits per heavy atom. The molecule has 0 radical (unpaired) electrons. The van der Waals surface area contributed by atoms with E-state index >= 15 is 0 Å². The van der Waals surface area contributed by atoms with E-state index in [2.05, 4.69) is 30.2 Å². The number of thiocarbonyl (C=S) groups is 1. The molecular formula is C13H10N6O3S3. The standard InChI is InChI=1S/C13H10N6O3S3/c20-10-11(24-13(23)16-10)18-17-8-2-4-9(5-3-8)25(21,22)19-12-14-6-1-7-15-12/h1-7,11H,(H,14,15,19)(H,16,20,23). The first kappa shape index (κ1) is 17.4. The molecule has 1 unspecified atom stereocenters. The molecule has 0 aliphatic carbocycles. The fourth-order valence-corrected chi connectivity index (χ4v) is 3.72. The first-order valence-electron chi connectivity index (χ1n) is 6.76. The minimum absolute atomic E-state index is 0.0214. The monoisotopic (exact) mass is 394 g/mol. The van der Waals surface area contributed by atoms with E-state index < -0.39 is 15.4 Å². The fraction of sp³-hybridized carbons (Fsp3) is 0.0769. The van der Waals surface area contributed by atoms with E-state index in [0.717, 1.165) is 11.8 Å². The van der Waals surface area contributed by atoms with Crippen molar-refractivity contribution in [1.82, 2.24) is 15.3 Å². The van der Waals surface area contributed by atoms with Gasteiger partial charge in [-0.1, -0.05) is 24.0 Å². The Hall–Kier alpha value is -2.44. The Kier molecular flexibility index (Phi) is 5.01. The highest BCUT2D eigenvalue weighted by Crippen LogP contribution is 2.24. The number of rotatable bonds is 5. The molecule has 0 spiro atoms. The highest BCUT2D eigenvalue weighted by atomic mass is 32.2. The molecule has 2 heterocycles. The van der Waals surface area contributed by atoms with Gasteiger partial charge in [-0.25, -0.2) is 23.1 Å². The predicted octanol–water partition coefficient (Wildman–Crippen LogP) is 1.84. The fourth-order valence-electron chi connectivity index (χ4n) is 1.76. The van der Waals surface area contributed by atoms with Crippen molar-refractivity contribution >= 4 is 55.9 Å². The molecule has 12 heteroatoms. The van der Waals surface area contributed by atoms with Gasteiger partial charge in [-0.15, -0.1) is 0 Å². The number of aromatic nitrogens is 2. The molecule has 1 aliphatic rings. The maximum atomic E-state index is 12.2. The number of nitrogens with one attached hydrogen (secondary N) is 2. The van der Waals surface area contributed by atoms with Crippen LogP contribution in [-0.4, -0.2) is 34.0 Å². The summed E-state index contributed by atoms with van der Waals surface area (Å²) >= 11 is 5.95. The van der Waals surface area contributed by atoms with E-state index in [1.807, 2.05) is 0 Å². The van der Waals surface area contributed by atoms with Crippen molar-refractivity contribution in [2.75, 3.05) is 4.72 Å². The first-order valence-corrected chi connectivity index (χ1v) is 9.53. The third kappa shape index (κ3) is 4.35. The molecule has 1 saturated heterocycles. The molecule has 1 fully saturated rings. The maximum absolute atomic E-state index is 12.2. The summed E-state index contributed by atoms with van der Waals surface area (Å²) < 4.78 is 27.1. The topological polar surface area (TPSA) is 126 Å². The summed E-state index contributed by atoms with van der Waals surface area (Å²) in [6.45, 7) is 0. The lowest BCUT2D eigenvalue weighted by molar-refractivity contribution is -0.118. The van der Waals surface area contributed by atoms with Crippen LogP contribution in [0.3, 0.4) is 0 Å². The van der Waals surface area contributed by atoms with Crippen molar-refractivity contribution in [3.8, 4) is 0 Å². The van der Waals surface area contributed by atoms with Gasteiger partial charge in [-0.3, -0.25) is 4.79 Å². The quantitative estimate of drug-likeness (QED) is 0.585. The molecule has 0 bridgehead atoms. The van der Waals surface area contributed by atoms with E-state index in [-0.39, 0.29) is 16.8 Å². The SMILES string of the molecule is O=C1NC(=S)SC1N=Nc1ccc(S(=O)(=O)Nc2ncccn2)cc1. The van der Waals surface area contributed by atoms with Crippen LogP contribution in [0.5, 0.6) is 0 Å². The lowest BCUT2D eigenvalue weighted by Gasteiger charge is -2.06. The average molecular weight is 394 g/mol. The van der Waals surface area contributed by atoms with Crippen molar-refractivity contribution in [1.29, 1.82) is 0 Å². The zero-order valence-electron chi connectivity index (χ0n) is 12.4. The molecule has 1 amide bonds. The summed E-state index contributed by atoms with van der Waals surface area (Å²) in [5.74, 6) is -0.350. The minimum Gasteiger partial charge on any atom is -0.309 e. The van der Waals surface area contributed by atoms with Crippen molar-refractivity contribution < 1.29 is 13.2 Å². The molecular weight excluding hydrogens is 384 g/mol. The smallest absolute Gasteiger partial charge is 0.264 e. The second-order valence-electron chi connectivity index (χ2n) is 4.63. The molecule has 3 rings (SSSR count). The number of anilines is 1. The molecule has 9 nitrogen and oxygen atoms in total. The Morgan fingerprint density at radius 2 is 1.88 bits per heavy atom. The van der Waals surface area contributed by atoms with Crippen molar-refractivity contribution in [2.24, 2.45) is 10.2 Å². The molecule has 1 aromatic carbocycles. The maximum Gasteiger partial charge on any atom is 0.264 e. The number of sulfonamides is 1. The summed E-state index contributed by atoms with van der Waals surface area (Å²) in [6, 6.07) is 7.25. The lowest BCUT2D eigenvalue weighted by atomic mass is 10.3. The molecule has 1 aromatic heterocycles. The molecule has 2 N–H and O–H groups in total. The van der Waals surface area contributed by atoms with Crippen molar-refractivity contribution in [3.63, 3.8) is 0 Å². The number of thioether (sulfide) groups is 1. The van der Waals surface area contributed by atoms with Gasteiger partial charge in [0.15, 0.2) is 0 Å². The second kappa shape index (κ2) is 7.21. The predicted molar refractivity (Wildman–Crippen MR) is 95.9 cm³/mol. The number of amides is 1. The van der Waals surface area contributed by atoms with E-state index in [9.17, 15) is 13.2 Å². The summed E-state index contributed by atoms with van der Waals surface area (Å²) in [4.78, 5) is 19.1. The summed E-state index contributed by atoms with van der Waals surface area (Å²) in [7, 11) is -3.81. The van der Waals surface area contributed by atoms with E-state index in [1.54, 1.807) is 6.07 Å². The first-order chi connectivity index (χ1) is 11.9. The van der Waals surface area contributed by atoms with Crippen LogP contribution in [0.1, 0.15) is 0 Å². The zero-order valence-corrected chi connectivity index (χ0v) is 14.8. The Bertz CT molecular complexity index is 931. The summed E-state index contributed by atoms with van der Waals surface area (Å²) in [6.07, 6.45) is 2.86. The van der Waals surface area contributed by atoms with Gasteiger partial charge in [0.1, 0.15) is 4.32 Å². The van der Waals surface area contributed by atoms with Crippen LogP contribution in [0.2, 0.25) is 0 Å². The highest BCUT2D eigenvalue weighted by Gasteiger charge is 2.28. The number of nitrogens with zero attached hydrogens (tertiary/aromatic N) is 4. The van der Waals surface area contributed by atoms with Gasteiger partial charge >= 0.3 is 0 Å². The second-order valence-corrected chi connectivity index (χ2v) is 8.07. The van der Waals surface area contributed by atoms with Crippen LogP contribution in [0, 0.1) is 0 Å². The van der Waals surface area contributed by atoms with Crippen molar-refractivity contribution in [3.05, 3.63) is 42.7 Å². The van der Waals surface area contributed by atoms with Crippen LogP contribution < -0.4 is 10.0 Å². The zero-order chi connectivity index (χ0) is 17.9. The summed E-state index contributed by atoms with van der Waals surface area (Å²) in [5, 5.41) is 9.54. The molecule has 25 heavy (non-hydrogen) atoms. The number of hydrogen-bond acceptors (Lipinski definition) is 9. The number of carbonyl (C=O) groups excluding carboxylic acids is 1. The third-order valence-electron chi connectivity index (χ3n) is 2.88. The lowest BCUT2D eigenvalue weighted by Crippen LogP contribution is -2.22. The van der Waals surface area contributed by atoms with E-state index in [1.165, 1.54) is 36.7 Å². The molecule has 1 aliphatic heterocycles. The Labute approximate surface area is 152 Å². The Balaban J connectivity index is 1.71. The van der Waals surface area contributed by atoms with Gasteiger partial charge in [0.05, 0.1) is 10.6 Å². The van der Waals surface area contributed by atoms with Gasteiger partial charge in [-0.05, 0) is 30.3 Å².